The molecular formula is C26H24ClFN4. The van der Waals surface area contributed by atoms with Crippen LogP contribution in [0.2, 0.25) is 5.02 Å². The molecule has 0 bridgehead atoms. The van der Waals surface area contributed by atoms with E-state index >= 15 is 0 Å². The Bertz CT molecular complexity index is 1280. The Hall–Kier alpha value is -3.05. The van der Waals surface area contributed by atoms with E-state index < -0.39 is 0 Å². The third-order valence-electron chi connectivity index (χ3n) is 5.89. The summed E-state index contributed by atoms with van der Waals surface area (Å²) in [7, 11) is 0. The Morgan fingerprint density at radius 2 is 1.72 bits per heavy atom. The molecule has 4 aromatic rings. The summed E-state index contributed by atoms with van der Waals surface area (Å²) < 4.78 is 15.0. The molecule has 1 aliphatic carbocycles. The molecule has 4 nitrogen and oxygen atoms in total. The SMILES string of the molecule is CC(C)(C)c1ncc(-c2cc3c(N[C@H]4C[C@@H]4c4ccccc4)c(Cl)cnc3cc2F)cn1. The minimum absolute atomic E-state index is 0.172. The maximum Gasteiger partial charge on any atom is 0.133 e. The summed E-state index contributed by atoms with van der Waals surface area (Å²) in [6.07, 6.45) is 5.96. The second kappa shape index (κ2) is 7.82. The number of fused-ring (bicyclic) bond motifs is 1. The first-order chi connectivity index (χ1) is 15.3. The fourth-order valence-electron chi connectivity index (χ4n) is 4.02. The lowest BCUT2D eigenvalue weighted by atomic mass is 9.95. The standard InChI is InChI=1S/C26H24ClFN4/c1-26(2,3)25-30-12-16(13-31-25)17-9-19-22(11-21(17)28)29-14-20(27)24(19)32-23-10-18(23)15-7-5-4-6-8-15/h4-9,11-14,18,23H,10H2,1-3H3,(H,29,32)/t18-,23+/m1/s1. The van der Waals surface area contributed by atoms with Crippen LogP contribution in [0.4, 0.5) is 10.1 Å². The van der Waals surface area contributed by atoms with Crippen molar-refractivity contribution in [2.75, 3.05) is 5.32 Å². The van der Waals surface area contributed by atoms with Crippen LogP contribution < -0.4 is 5.32 Å². The zero-order valence-electron chi connectivity index (χ0n) is 18.2. The predicted molar refractivity (Wildman–Crippen MR) is 128 cm³/mol. The predicted octanol–water partition coefficient (Wildman–Crippen LogP) is 6.75. The lowest BCUT2D eigenvalue weighted by Gasteiger charge is -2.16. The summed E-state index contributed by atoms with van der Waals surface area (Å²) in [5.41, 5.74) is 3.53. The van der Waals surface area contributed by atoms with E-state index in [1.165, 1.54) is 11.6 Å². The molecule has 6 heteroatoms. The van der Waals surface area contributed by atoms with E-state index in [1.54, 1.807) is 24.7 Å². The Morgan fingerprint density at radius 3 is 2.41 bits per heavy atom. The zero-order chi connectivity index (χ0) is 22.5. The molecule has 1 fully saturated rings. The van der Waals surface area contributed by atoms with Gasteiger partial charge in [0, 0.05) is 58.5 Å². The summed E-state index contributed by atoms with van der Waals surface area (Å²) in [6.45, 7) is 6.14. The summed E-state index contributed by atoms with van der Waals surface area (Å²) in [4.78, 5) is 13.3. The number of rotatable bonds is 4. The number of pyridine rings is 1. The number of aromatic nitrogens is 3. The van der Waals surface area contributed by atoms with Crippen LogP contribution in [0.25, 0.3) is 22.0 Å². The van der Waals surface area contributed by atoms with Gasteiger partial charge in [0.05, 0.1) is 16.2 Å². The topological polar surface area (TPSA) is 50.7 Å². The molecule has 0 amide bonds. The largest absolute Gasteiger partial charge is 0.380 e. The molecule has 2 atom stereocenters. The maximum atomic E-state index is 15.0. The first-order valence-electron chi connectivity index (χ1n) is 10.7. The third kappa shape index (κ3) is 3.93. The Kier molecular flexibility index (Phi) is 5.09. The second-order valence-corrected chi connectivity index (χ2v) is 9.79. The third-order valence-corrected chi connectivity index (χ3v) is 6.18. The van der Waals surface area contributed by atoms with Crippen LogP contribution in [0, 0.1) is 5.82 Å². The maximum absolute atomic E-state index is 15.0. The lowest BCUT2D eigenvalue weighted by molar-refractivity contribution is 0.545. The summed E-state index contributed by atoms with van der Waals surface area (Å²) in [6, 6.07) is 14.0. The highest BCUT2D eigenvalue weighted by atomic mass is 35.5. The van der Waals surface area contributed by atoms with Crippen LogP contribution >= 0.6 is 11.6 Å². The van der Waals surface area contributed by atoms with Crippen molar-refractivity contribution >= 4 is 28.2 Å². The Balaban J connectivity index is 1.51. The van der Waals surface area contributed by atoms with Gasteiger partial charge in [-0.05, 0) is 18.1 Å². The van der Waals surface area contributed by atoms with Gasteiger partial charge in [-0.1, -0.05) is 62.7 Å². The fraction of sp³-hybridized carbons (Fsp3) is 0.269. The quantitative estimate of drug-likeness (QED) is 0.376. The van der Waals surface area contributed by atoms with Crippen LogP contribution in [0.15, 0.2) is 61.1 Å². The molecule has 2 heterocycles. The zero-order valence-corrected chi connectivity index (χ0v) is 19.0. The average Bonchev–Trinajstić information content (AvgIpc) is 3.55. The lowest BCUT2D eigenvalue weighted by Crippen LogP contribution is -2.15. The molecule has 32 heavy (non-hydrogen) atoms. The van der Waals surface area contributed by atoms with E-state index in [-0.39, 0.29) is 17.3 Å². The highest BCUT2D eigenvalue weighted by molar-refractivity contribution is 6.34. The molecule has 0 saturated heterocycles. The van der Waals surface area contributed by atoms with Crippen LogP contribution in [-0.2, 0) is 5.41 Å². The molecule has 5 rings (SSSR count). The van der Waals surface area contributed by atoms with Gasteiger partial charge in [-0.15, -0.1) is 0 Å². The fourth-order valence-corrected chi connectivity index (χ4v) is 4.23. The highest BCUT2D eigenvalue weighted by Gasteiger charge is 2.38. The van der Waals surface area contributed by atoms with Crippen LogP contribution in [0.3, 0.4) is 0 Å². The summed E-state index contributed by atoms with van der Waals surface area (Å²) in [5, 5.41) is 4.88. The molecule has 162 valence electrons. The summed E-state index contributed by atoms with van der Waals surface area (Å²) in [5.74, 6) is 0.794. The molecule has 1 N–H and O–H groups in total. The number of hydrogen-bond donors (Lipinski definition) is 1. The molecule has 0 spiro atoms. The molecule has 0 unspecified atom stereocenters. The normalized spacial score (nSPS) is 18.0. The van der Waals surface area contributed by atoms with Crippen molar-refractivity contribution in [2.45, 2.75) is 44.6 Å². The van der Waals surface area contributed by atoms with Gasteiger partial charge in [0.25, 0.3) is 0 Å². The molecular weight excluding hydrogens is 423 g/mol. The highest BCUT2D eigenvalue weighted by Crippen LogP contribution is 2.45. The molecule has 1 saturated carbocycles. The van der Waals surface area contributed by atoms with Crippen LogP contribution in [0.5, 0.6) is 0 Å². The van der Waals surface area contributed by atoms with Crippen LogP contribution in [0.1, 0.15) is 44.5 Å². The van der Waals surface area contributed by atoms with Crippen molar-refractivity contribution in [3.63, 3.8) is 0 Å². The molecule has 2 aromatic heterocycles. The number of anilines is 1. The Labute approximate surface area is 191 Å². The van der Waals surface area contributed by atoms with E-state index in [0.717, 1.165) is 23.3 Å². The Morgan fingerprint density at radius 1 is 1.00 bits per heavy atom. The monoisotopic (exact) mass is 446 g/mol. The van der Waals surface area contributed by atoms with Crippen molar-refractivity contribution in [3.8, 4) is 11.1 Å². The molecule has 0 radical (unpaired) electrons. The number of benzene rings is 2. The molecule has 2 aromatic carbocycles. The van der Waals surface area contributed by atoms with Crippen molar-refractivity contribution in [2.24, 2.45) is 0 Å². The molecule has 0 aliphatic heterocycles. The van der Waals surface area contributed by atoms with E-state index in [2.05, 4.69) is 44.5 Å². The van der Waals surface area contributed by atoms with Gasteiger partial charge in [-0.3, -0.25) is 4.98 Å². The van der Waals surface area contributed by atoms with Crippen molar-refractivity contribution in [1.82, 2.24) is 15.0 Å². The van der Waals surface area contributed by atoms with Crippen molar-refractivity contribution < 1.29 is 4.39 Å². The number of hydrogen-bond acceptors (Lipinski definition) is 4. The number of nitrogens with one attached hydrogen (secondary N) is 1. The minimum Gasteiger partial charge on any atom is -0.380 e. The van der Waals surface area contributed by atoms with Gasteiger partial charge in [-0.25, -0.2) is 14.4 Å². The first kappa shape index (κ1) is 20.8. The minimum atomic E-state index is -0.362. The van der Waals surface area contributed by atoms with E-state index in [4.69, 9.17) is 11.6 Å². The van der Waals surface area contributed by atoms with E-state index in [9.17, 15) is 4.39 Å². The van der Waals surface area contributed by atoms with Crippen molar-refractivity contribution in [1.29, 1.82) is 0 Å². The average molecular weight is 447 g/mol. The second-order valence-electron chi connectivity index (χ2n) is 9.38. The van der Waals surface area contributed by atoms with Gasteiger partial charge >= 0.3 is 0 Å². The van der Waals surface area contributed by atoms with Gasteiger partial charge in [0.15, 0.2) is 0 Å². The van der Waals surface area contributed by atoms with Gasteiger partial charge in [-0.2, -0.15) is 0 Å². The van der Waals surface area contributed by atoms with Crippen molar-refractivity contribution in [3.05, 3.63) is 83.3 Å². The van der Waals surface area contributed by atoms with Gasteiger partial charge in [0.1, 0.15) is 11.6 Å². The first-order valence-corrected chi connectivity index (χ1v) is 11.1. The number of nitrogens with zero attached hydrogens (tertiary/aromatic N) is 3. The van der Waals surface area contributed by atoms with Gasteiger partial charge in [0.2, 0.25) is 0 Å². The summed E-state index contributed by atoms with van der Waals surface area (Å²) >= 11 is 6.53. The molecule has 1 aliphatic rings. The van der Waals surface area contributed by atoms with E-state index in [1.807, 2.05) is 26.8 Å². The van der Waals surface area contributed by atoms with Gasteiger partial charge < -0.3 is 5.32 Å². The van der Waals surface area contributed by atoms with Crippen LogP contribution in [-0.4, -0.2) is 21.0 Å². The smallest absolute Gasteiger partial charge is 0.133 e. The van der Waals surface area contributed by atoms with E-state index in [0.29, 0.717) is 27.6 Å². The number of halogens is 2.